The molecule has 1 atom stereocenters. The number of carbonyl (C=O) groups is 1. The number of aromatic nitrogens is 1. The number of hydrogen-bond donors (Lipinski definition) is 1. The van der Waals surface area contributed by atoms with Gasteiger partial charge in [-0.15, -0.1) is 0 Å². The molecular weight excluding hydrogens is 270 g/mol. The largest absolute Gasteiger partial charge is 0.459 e. The van der Waals surface area contributed by atoms with Crippen molar-refractivity contribution in [2.75, 3.05) is 19.6 Å². The molecule has 2 aromatic rings. The fraction of sp³-hybridized carbons (Fsp3) is 0.467. The highest BCUT2D eigenvalue weighted by molar-refractivity contribution is 5.79. The maximum absolute atomic E-state index is 12.4. The van der Waals surface area contributed by atoms with Crippen molar-refractivity contribution in [3.05, 3.63) is 29.9 Å². The number of nitrogens with one attached hydrogen (secondary N) is 1. The van der Waals surface area contributed by atoms with Gasteiger partial charge < -0.3 is 19.1 Å². The molecular formula is C15H19N3O3. The molecule has 0 aromatic carbocycles. The number of furan rings is 1. The summed E-state index contributed by atoms with van der Waals surface area (Å²) in [5.74, 6) is 1.75. The van der Waals surface area contributed by atoms with Crippen LogP contribution in [0.1, 0.15) is 18.4 Å². The van der Waals surface area contributed by atoms with Crippen LogP contribution in [0.5, 0.6) is 0 Å². The van der Waals surface area contributed by atoms with Gasteiger partial charge in [0.1, 0.15) is 5.76 Å². The van der Waals surface area contributed by atoms with E-state index in [0.29, 0.717) is 23.1 Å². The molecule has 0 bridgehead atoms. The summed E-state index contributed by atoms with van der Waals surface area (Å²) in [6.07, 6.45) is 1.84. The molecule has 1 amide bonds. The first-order valence-electron chi connectivity index (χ1n) is 7.15. The van der Waals surface area contributed by atoms with E-state index in [1.165, 1.54) is 0 Å². The molecule has 0 saturated carbocycles. The van der Waals surface area contributed by atoms with Crippen LogP contribution in [0, 0.1) is 6.92 Å². The molecule has 1 fully saturated rings. The molecule has 0 radical (unpaired) electrons. The van der Waals surface area contributed by atoms with Crippen LogP contribution < -0.4 is 5.32 Å². The third kappa shape index (κ3) is 2.85. The second kappa shape index (κ2) is 5.73. The fourth-order valence-electron chi connectivity index (χ4n) is 2.55. The van der Waals surface area contributed by atoms with Gasteiger partial charge >= 0.3 is 0 Å². The maximum Gasteiger partial charge on any atom is 0.263 e. The van der Waals surface area contributed by atoms with Crippen molar-refractivity contribution in [2.24, 2.45) is 0 Å². The Morgan fingerprint density at radius 3 is 3.14 bits per heavy atom. The topological polar surface area (TPSA) is 71.5 Å². The highest BCUT2D eigenvalue weighted by Crippen LogP contribution is 2.22. The Labute approximate surface area is 123 Å². The van der Waals surface area contributed by atoms with Gasteiger partial charge in [-0.25, -0.2) is 4.98 Å². The Kier molecular flexibility index (Phi) is 3.79. The van der Waals surface area contributed by atoms with Crippen LogP contribution in [0.15, 0.2) is 27.2 Å². The third-order valence-electron chi connectivity index (χ3n) is 3.76. The summed E-state index contributed by atoms with van der Waals surface area (Å²) in [4.78, 5) is 18.7. The molecule has 6 nitrogen and oxygen atoms in total. The molecule has 3 heterocycles. The average Bonchev–Trinajstić information content (AvgIpc) is 3.10. The number of aryl methyl sites for hydroxylation is 1. The highest BCUT2D eigenvalue weighted by atomic mass is 16.4. The van der Waals surface area contributed by atoms with E-state index in [0.717, 1.165) is 19.6 Å². The SMILES string of the molecule is Cc1oc(-c2ccco2)nc1CC(=O)N1CCNC[C@@H]1C. The third-order valence-corrected chi connectivity index (χ3v) is 3.76. The summed E-state index contributed by atoms with van der Waals surface area (Å²) in [6, 6.07) is 3.78. The predicted molar refractivity (Wildman–Crippen MR) is 76.7 cm³/mol. The molecule has 1 aliphatic heterocycles. The molecule has 1 aliphatic rings. The maximum atomic E-state index is 12.4. The molecule has 0 aliphatic carbocycles. The molecule has 3 rings (SSSR count). The standard InChI is InChI=1S/C15H19N3O3/c1-10-9-16-5-6-18(10)14(19)8-12-11(2)21-15(17-12)13-4-3-7-20-13/h3-4,7,10,16H,5-6,8-9H2,1-2H3/t10-/m0/s1. The van der Waals surface area contributed by atoms with Gasteiger partial charge in [0.25, 0.3) is 5.89 Å². The van der Waals surface area contributed by atoms with Gasteiger partial charge in [0.05, 0.1) is 18.4 Å². The quantitative estimate of drug-likeness (QED) is 0.929. The number of hydrogen-bond acceptors (Lipinski definition) is 5. The second-order valence-electron chi connectivity index (χ2n) is 5.32. The first kappa shape index (κ1) is 13.9. The van der Waals surface area contributed by atoms with Crippen LogP contribution in [0.3, 0.4) is 0 Å². The lowest BCUT2D eigenvalue weighted by molar-refractivity contribution is -0.133. The average molecular weight is 289 g/mol. The summed E-state index contributed by atoms with van der Waals surface area (Å²) in [7, 11) is 0. The Bertz CT molecular complexity index is 618. The van der Waals surface area contributed by atoms with Gasteiger partial charge in [-0.3, -0.25) is 4.79 Å². The van der Waals surface area contributed by atoms with Crippen LogP contribution >= 0.6 is 0 Å². The smallest absolute Gasteiger partial charge is 0.263 e. The molecule has 2 aromatic heterocycles. The monoisotopic (exact) mass is 289 g/mol. The van der Waals surface area contributed by atoms with Crippen molar-refractivity contribution in [1.29, 1.82) is 0 Å². The van der Waals surface area contributed by atoms with Gasteiger partial charge in [0, 0.05) is 25.7 Å². The van der Waals surface area contributed by atoms with Gasteiger partial charge in [-0.2, -0.15) is 0 Å². The lowest BCUT2D eigenvalue weighted by Crippen LogP contribution is -2.52. The van der Waals surface area contributed by atoms with Crippen molar-refractivity contribution in [3.63, 3.8) is 0 Å². The zero-order valence-corrected chi connectivity index (χ0v) is 12.3. The Hall–Kier alpha value is -2.08. The number of nitrogens with zero attached hydrogens (tertiary/aromatic N) is 2. The minimum absolute atomic E-state index is 0.0893. The first-order chi connectivity index (χ1) is 10.1. The molecule has 1 N–H and O–H groups in total. The number of oxazole rings is 1. The van der Waals surface area contributed by atoms with Crippen LogP contribution in [-0.4, -0.2) is 41.5 Å². The van der Waals surface area contributed by atoms with E-state index >= 15 is 0 Å². The number of amides is 1. The van der Waals surface area contributed by atoms with Crippen molar-refractivity contribution >= 4 is 5.91 Å². The molecule has 21 heavy (non-hydrogen) atoms. The molecule has 0 spiro atoms. The highest BCUT2D eigenvalue weighted by Gasteiger charge is 2.25. The summed E-state index contributed by atoms with van der Waals surface area (Å²) in [5, 5.41) is 3.28. The normalized spacial score (nSPS) is 19.0. The lowest BCUT2D eigenvalue weighted by atomic mass is 10.1. The van der Waals surface area contributed by atoms with Crippen LogP contribution in [0.4, 0.5) is 0 Å². The Balaban J connectivity index is 1.74. The summed E-state index contributed by atoms with van der Waals surface area (Å²) >= 11 is 0. The van der Waals surface area contributed by atoms with E-state index in [4.69, 9.17) is 8.83 Å². The number of rotatable bonds is 3. The molecule has 6 heteroatoms. The minimum atomic E-state index is 0.0893. The second-order valence-corrected chi connectivity index (χ2v) is 5.32. The van der Waals surface area contributed by atoms with Crippen LogP contribution in [0.25, 0.3) is 11.7 Å². The van der Waals surface area contributed by atoms with Crippen molar-refractivity contribution < 1.29 is 13.6 Å². The minimum Gasteiger partial charge on any atom is -0.459 e. The zero-order chi connectivity index (χ0) is 14.8. The van der Waals surface area contributed by atoms with Crippen LogP contribution in [0.2, 0.25) is 0 Å². The molecule has 1 saturated heterocycles. The van der Waals surface area contributed by atoms with E-state index in [9.17, 15) is 4.79 Å². The number of carbonyl (C=O) groups excluding carboxylic acids is 1. The fourth-order valence-corrected chi connectivity index (χ4v) is 2.55. The number of piperazine rings is 1. The Morgan fingerprint density at radius 1 is 1.57 bits per heavy atom. The zero-order valence-electron chi connectivity index (χ0n) is 12.3. The van der Waals surface area contributed by atoms with E-state index < -0.39 is 0 Å². The first-order valence-corrected chi connectivity index (χ1v) is 7.15. The summed E-state index contributed by atoms with van der Waals surface area (Å²) in [6.45, 7) is 6.28. The molecule has 112 valence electrons. The summed E-state index contributed by atoms with van der Waals surface area (Å²) < 4.78 is 10.9. The lowest BCUT2D eigenvalue weighted by Gasteiger charge is -2.33. The van der Waals surface area contributed by atoms with Crippen molar-refractivity contribution in [2.45, 2.75) is 26.3 Å². The van der Waals surface area contributed by atoms with Gasteiger partial charge in [-0.05, 0) is 26.0 Å². The van der Waals surface area contributed by atoms with E-state index in [2.05, 4.69) is 10.3 Å². The van der Waals surface area contributed by atoms with E-state index in [-0.39, 0.29) is 18.4 Å². The van der Waals surface area contributed by atoms with E-state index in [1.54, 1.807) is 18.4 Å². The predicted octanol–water partition coefficient (Wildman–Crippen LogP) is 1.61. The van der Waals surface area contributed by atoms with Crippen LogP contribution in [-0.2, 0) is 11.2 Å². The Morgan fingerprint density at radius 2 is 2.43 bits per heavy atom. The molecule has 0 unspecified atom stereocenters. The van der Waals surface area contributed by atoms with E-state index in [1.807, 2.05) is 18.7 Å². The van der Waals surface area contributed by atoms with Crippen molar-refractivity contribution in [1.82, 2.24) is 15.2 Å². The van der Waals surface area contributed by atoms with Gasteiger partial charge in [-0.1, -0.05) is 0 Å². The van der Waals surface area contributed by atoms with Crippen molar-refractivity contribution in [3.8, 4) is 11.7 Å². The van der Waals surface area contributed by atoms with Gasteiger partial charge in [0.15, 0.2) is 5.76 Å². The van der Waals surface area contributed by atoms with Gasteiger partial charge in [0.2, 0.25) is 5.91 Å². The summed E-state index contributed by atoms with van der Waals surface area (Å²) in [5.41, 5.74) is 0.678.